The number of anilines is 3. The minimum atomic E-state index is -0.745. The zero-order valence-electron chi connectivity index (χ0n) is 24.2. The third-order valence-electron chi connectivity index (χ3n) is 7.35. The summed E-state index contributed by atoms with van der Waals surface area (Å²) in [6.07, 6.45) is 1.31. The van der Waals surface area contributed by atoms with Crippen molar-refractivity contribution in [2.24, 2.45) is 0 Å². The Hall–Kier alpha value is -4.84. The number of amides is 1. The first kappa shape index (κ1) is 29.2. The Morgan fingerprint density at radius 1 is 1.02 bits per heavy atom. The van der Waals surface area contributed by atoms with Gasteiger partial charge in [0.05, 0.1) is 31.9 Å². The number of ether oxygens (including phenoxy) is 2. The van der Waals surface area contributed by atoms with E-state index in [4.69, 9.17) is 9.47 Å². The molecule has 1 aliphatic rings. The van der Waals surface area contributed by atoms with E-state index in [1.165, 1.54) is 12.1 Å². The predicted molar refractivity (Wildman–Crippen MR) is 165 cm³/mol. The van der Waals surface area contributed by atoms with E-state index in [1.807, 2.05) is 72.6 Å². The Morgan fingerprint density at radius 3 is 2.52 bits per heavy atom. The normalized spacial score (nSPS) is 14.3. The number of halogens is 1. The van der Waals surface area contributed by atoms with Crippen molar-refractivity contribution in [1.82, 2.24) is 19.5 Å². The van der Waals surface area contributed by atoms with Gasteiger partial charge in [0.25, 0.3) is 0 Å². The Morgan fingerprint density at radius 2 is 1.77 bits per heavy atom. The summed E-state index contributed by atoms with van der Waals surface area (Å²) < 4.78 is 26.1. The number of morpholine rings is 1. The molecule has 1 aliphatic heterocycles. The molecular formula is C33H33FN6O4. The molecule has 0 spiro atoms. The highest BCUT2D eigenvalue weighted by Gasteiger charge is 2.21. The molecule has 226 valence electrons. The van der Waals surface area contributed by atoms with Crippen molar-refractivity contribution in [3.05, 3.63) is 102 Å². The van der Waals surface area contributed by atoms with Crippen molar-refractivity contribution in [2.75, 3.05) is 43.5 Å². The van der Waals surface area contributed by atoms with Crippen LogP contribution in [-0.4, -0.2) is 63.4 Å². The first-order valence-electron chi connectivity index (χ1n) is 14.5. The number of pyridine rings is 1. The van der Waals surface area contributed by atoms with Crippen LogP contribution < -0.4 is 15.4 Å². The monoisotopic (exact) mass is 596 g/mol. The molecule has 3 N–H and O–H groups in total. The summed E-state index contributed by atoms with van der Waals surface area (Å²) >= 11 is 0. The maximum absolute atomic E-state index is 13.1. The zero-order valence-corrected chi connectivity index (χ0v) is 24.2. The number of carbonyl (C=O) groups excluding carboxylic acids is 1. The van der Waals surface area contributed by atoms with Gasteiger partial charge in [-0.05, 0) is 72.1 Å². The molecule has 0 bridgehead atoms. The van der Waals surface area contributed by atoms with Crippen LogP contribution in [0.4, 0.5) is 21.7 Å². The van der Waals surface area contributed by atoms with Gasteiger partial charge in [-0.15, -0.1) is 5.10 Å². The largest absolute Gasteiger partial charge is 0.492 e. The minimum absolute atomic E-state index is 0.161. The van der Waals surface area contributed by atoms with Crippen molar-refractivity contribution in [2.45, 2.75) is 19.6 Å². The zero-order chi connectivity index (χ0) is 30.5. The maximum atomic E-state index is 13.1. The highest BCUT2D eigenvalue weighted by atomic mass is 19.1. The van der Waals surface area contributed by atoms with Crippen LogP contribution in [0.15, 0.2) is 85.1 Å². The molecule has 0 saturated carbocycles. The summed E-state index contributed by atoms with van der Waals surface area (Å²) in [5, 5.41) is 21.6. The Kier molecular flexibility index (Phi) is 8.78. The lowest BCUT2D eigenvalue weighted by Gasteiger charge is -2.31. The Bertz CT molecular complexity index is 1740. The van der Waals surface area contributed by atoms with Gasteiger partial charge in [0.15, 0.2) is 5.65 Å². The highest BCUT2D eigenvalue weighted by molar-refractivity contribution is 5.92. The average molecular weight is 597 g/mol. The summed E-state index contributed by atoms with van der Waals surface area (Å²) in [5.74, 6) is 0.498. The molecule has 1 amide bonds. The van der Waals surface area contributed by atoms with Crippen molar-refractivity contribution < 1.29 is 23.8 Å². The maximum Gasteiger partial charge on any atom is 0.247 e. The van der Waals surface area contributed by atoms with Gasteiger partial charge >= 0.3 is 0 Å². The van der Waals surface area contributed by atoms with E-state index >= 15 is 0 Å². The number of fused-ring (bicyclic) bond motifs is 1. The molecule has 44 heavy (non-hydrogen) atoms. The van der Waals surface area contributed by atoms with Crippen LogP contribution in [0.2, 0.25) is 0 Å². The van der Waals surface area contributed by atoms with Crippen molar-refractivity contribution >= 4 is 28.9 Å². The van der Waals surface area contributed by atoms with Crippen molar-refractivity contribution in [3.63, 3.8) is 0 Å². The first-order chi connectivity index (χ1) is 21.4. The molecule has 1 fully saturated rings. The molecular weight excluding hydrogens is 563 g/mol. The fraction of sp³-hybridized carbons (Fsp3) is 0.242. The van der Waals surface area contributed by atoms with Crippen LogP contribution in [0.5, 0.6) is 5.75 Å². The fourth-order valence-corrected chi connectivity index (χ4v) is 5.08. The molecule has 0 aliphatic carbocycles. The number of aliphatic hydroxyl groups is 1. The molecule has 10 nitrogen and oxygen atoms in total. The number of aliphatic hydroxyl groups excluding tert-OH is 1. The summed E-state index contributed by atoms with van der Waals surface area (Å²) in [6, 6.07) is 22.8. The van der Waals surface area contributed by atoms with E-state index in [1.54, 1.807) is 16.6 Å². The molecule has 11 heteroatoms. The van der Waals surface area contributed by atoms with Crippen LogP contribution in [0.25, 0.3) is 16.8 Å². The lowest BCUT2D eigenvalue weighted by Crippen LogP contribution is -2.39. The molecule has 0 radical (unpaired) electrons. The minimum Gasteiger partial charge on any atom is -0.492 e. The number of carbonyl (C=O) groups is 1. The van der Waals surface area contributed by atoms with E-state index in [0.717, 1.165) is 22.3 Å². The standard InChI is InChI=1S/C33H33FN6O4/c1-2-44-29-20-24(32(42)39-15-17-43-18-16-39)7-13-28(29)36-33-37-30-14-8-25(21-40(30)38-33)23-5-11-27(12-6-23)35-31(41)19-22-3-9-26(34)10-4-22/h3-14,20-21,32,42H,2,15-19H2,1H3,(H,35,41)(H,36,38). The number of nitrogens with zero attached hydrogens (tertiary/aromatic N) is 4. The average Bonchev–Trinajstić information content (AvgIpc) is 3.45. The second kappa shape index (κ2) is 13.2. The summed E-state index contributed by atoms with van der Waals surface area (Å²) in [4.78, 5) is 19.0. The van der Waals surface area contributed by atoms with Gasteiger partial charge in [0.1, 0.15) is 17.8 Å². The molecule has 5 aromatic rings. The van der Waals surface area contributed by atoms with Crippen LogP contribution in [0.1, 0.15) is 24.3 Å². The number of aromatic nitrogens is 3. The van der Waals surface area contributed by atoms with E-state index in [0.29, 0.717) is 61.6 Å². The lowest BCUT2D eigenvalue weighted by molar-refractivity contribution is -0.115. The van der Waals surface area contributed by atoms with E-state index in [-0.39, 0.29) is 18.1 Å². The quantitative estimate of drug-likeness (QED) is 0.202. The molecule has 1 saturated heterocycles. The first-order valence-corrected chi connectivity index (χ1v) is 14.5. The van der Waals surface area contributed by atoms with Gasteiger partial charge in [-0.25, -0.2) is 8.91 Å². The van der Waals surface area contributed by atoms with Crippen molar-refractivity contribution in [3.8, 4) is 16.9 Å². The van der Waals surface area contributed by atoms with Crippen molar-refractivity contribution in [1.29, 1.82) is 0 Å². The molecule has 2 aromatic heterocycles. The predicted octanol–water partition coefficient (Wildman–Crippen LogP) is 5.18. The van der Waals surface area contributed by atoms with Crippen LogP contribution >= 0.6 is 0 Å². The SMILES string of the molecule is CCOc1cc(C(O)N2CCOCC2)ccc1Nc1nc2ccc(-c3ccc(NC(=O)Cc4ccc(F)cc4)cc3)cn2n1. The number of hydrogen-bond acceptors (Lipinski definition) is 8. The summed E-state index contributed by atoms with van der Waals surface area (Å²) in [6.45, 7) is 4.90. The smallest absolute Gasteiger partial charge is 0.247 e. The van der Waals surface area contributed by atoms with Crippen LogP contribution in [0.3, 0.4) is 0 Å². The van der Waals surface area contributed by atoms with Crippen LogP contribution in [0, 0.1) is 5.82 Å². The van der Waals surface area contributed by atoms with E-state index in [9.17, 15) is 14.3 Å². The second-order valence-corrected chi connectivity index (χ2v) is 10.4. The fourth-order valence-electron chi connectivity index (χ4n) is 5.08. The summed E-state index contributed by atoms with van der Waals surface area (Å²) in [5.41, 5.74) is 5.38. The number of benzene rings is 3. The lowest BCUT2D eigenvalue weighted by atomic mass is 10.1. The van der Waals surface area contributed by atoms with Gasteiger partial charge < -0.3 is 25.2 Å². The molecule has 6 rings (SSSR count). The van der Waals surface area contributed by atoms with E-state index in [2.05, 4.69) is 20.7 Å². The summed E-state index contributed by atoms with van der Waals surface area (Å²) in [7, 11) is 0. The Labute approximate surface area is 254 Å². The van der Waals surface area contributed by atoms with Gasteiger partial charge in [-0.1, -0.05) is 30.3 Å². The van der Waals surface area contributed by atoms with Gasteiger partial charge in [-0.2, -0.15) is 4.98 Å². The molecule has 3 heterocycles. The highest BCUT2D eigenvalue weighted by Crippen LogP contribution is 2.32. The molecule has 3 aromatic carbocycles. The van der Waals surface area contributed by atoms with Gasteiger partial charge in [0, 0.05) is 30.5 Å². The van der Waals surface area contributed by atoms with Crippen LogP contribution in [-0.2, 0) is 16.0 Å². The van der Waals surface area contributed by atoms with E-state index < -0.39 is 6.23 Å². The molecule has 1 atom stereocenters. The Balaban J connectivity index is 1.13. The topological polar surface area (TPSA) is 113 Å². The van der Waals surface area contributed by atoms with Gasteiger partial charge in [0.2, 0.25) is 11.9 Å². The number of rotatable bonds is 10. The number of nitrogens with one attached hydrogen (secondary N) is 2. The third kappa shape index (κ3) is 6.86. The molecule has 1 unspecified atom stereocenters. The second-order valence-electron chi connectivity index (χ2n) is 10.4. The van der Waals surface area contributed by atoms with Gasteiger partial charge in [-0.3, -0.25) is 9.69 Å². The third-order valence-corrected chi connectivity index (χ3v) is 7.35. The number of hydrogen-bond donors (Lipinski definition) is 3.